The molecule has 6 nitrogen and oxygen atoms in total. The van der Waals surface area contributed by atoms with Crippen LogP contribution in [-0.2, 0) is 17.7 Å². The number of morpholine rings is 1. The second-order valence-corrected chi connectivity index (χ2v) is 10.2. The molecule has 3 aliphatic carbocycles. The Kier molecular flexibility index (Phi) is 4.63. The van der Waals surface area contributed by atoms with Gasteiger partial charge >= 0.3 is 0 Å². The number of nitrogens with one attached hydrogen (secondary N) is 1. The van der Waals surface area contributed by atoms with Crippen molar-refractivity contribution in [3.8, 4) is 0 Å². The Morgan fingerprint density at radius 2 is 1.97 bits per heavy atom. The zero-order chi connectivity index (χ0) is 20.3. The summed E-state index contributed by atoms with van der Waals surface area (Å²) < 4.78 is 5.84. The van der Waals surface area contributed by atoms with Gasteiger partial charge in [-0.3, -0.25) is 14.7 Å². The molecule has 2 aliphatic heterocycles. The molecule has 0 amide bonds. The van der Waals surface area contributed by atoms with Crippen molar-refractivity contribution in [3.05, 3.63) is 32.8 Å². The van der Waals surface area contributed by atoms with Gasteiger partial charge in [-0.05, 0) is 50.9 Å². The Labute approximate surface area is 173 Å². The van der Waals surface area contributed by atoms with E-state index in [-0.39, 0.29) is 17.8 Å². The third kappa shape index (κ3) is 3.34. The SMILES string of the molecule is C[C@H]1CN(c2nc3c(c(=O)[nH]2)CCN(CC2=C4C[C@H](CC2)C4(C)C)C3)C[C@H](C)O1. The van der Waals surface area contributed by atoms with Gasteiger partial charge in [0.05, 0.1) is 17.9 Å². The average Bonchev–Trinajstić information content (AvgIpc) is 2.67. The molecule has 0 unspecified atom stereocenters. The molecule has 3 heterocycles. The molecular weight excluding hydrogens is 364 g/mol. The van der Waals surface area contributed by atoms with Gasteiger partial charge in [-0.2, -0.15) is 0 Å². The number of anilines is 1. The summed E-state index contributed by atoms with van der Waals surface area (Å²) in [5, 5.41) is 0. The number of nitrogens with zero attached hydrogens (tertiary/aromatic N) is 3. The lowest BCUT2D eigenvalue weighted by Gasteiger charge is -2.53. The van der Waals surface area contributed by atoms with Crippen molar-refractivity contribution in [2.75, 3.05) is 31.1 Å². The quantitative estimate of drug-likeness (QED) is 0.794. The maximum Gasteiger partial charge on any atom is 0.255 e. The maximum atomic E-state index is 12.7. The van der Waals surface area contributed by atoms with Gasteiger partial charge in [-0.25, -0.2) is 4.98 Å². The van der Waals surface area contributed by atoms with Gasteiger partial charge in [0.25, 0.3) is 5.56 Å². The first-order chi connectivity index (χ1) is 13.8. The Bertz CT molecular complexity index is 893. The molecule has 1 aromatic rings. The summed E-state index contributed by atoms with van der Waals surface area (Å²) in [6.45, 7) is 13.3. The lowest BCUT2D eigenvalue weighted by atomic mass is 9.52. The highest BCUT2D eigenvalue weighted by molar-refractivity contribution is 5.37. The van der Waals surface area contributed by atoms with Crippen molar-refractivity contribution in [1.82, 2.24) is 14.9 Å². The van der Waals surface area contributed by atoms with Crippen molar-refractivity contribution < 1.29 is 4.74 Å². The predicted molar refractivity (Wildman–Crippen MR) is 114 cm³/mol. The van der Waals surface area contributed by atoms with E-state index in [9.17, 15) is 4.79 Å². The summed E-state index contributed by atoms with van der Waals surface area (Å²) in [4.78, 5) is 25.4. The fourth-order valence-corrected chi connectivity index (χ4v) is 6.00. The second kappa shape index (κ2) is 6.95. The fraction of sp³-hybridized carbons (Fsp3) is 0.739. The highest BCUT2D eigenvalue weighted by atomic mass is 16.5. The number of aromatic nitrogens is 2. The molecule has 5 aliphatic rings. The van der Waals surface area contributed by atoms with Crippen LogP contribution in [0, 0.1) is 11.3 Å². The molecule has 0 radical (unpaired) electrons. The molecule has 29 heavy (non-hydrogen) atoms. The van der Waals surface area contributed by atoms with Crippen LogP contribution in [0.25, 0.3) is 0 Å². The van der Waals surface area contributed by atoms with Gasteiger partial charge in [0.2, 0.25) is 5.95 Å². The standard InChI is InChI=1S/C23H34N4O2/c1-14-10-27(11-15(2)29-14)22-24-20-13-26(8-7-18(20)21(28)25-22)12-16-5-6-17-9-19(16)23(17,3)4/h14-15,17H,5-13H2,1-4H3,(H,24,25,28)/t14-,15-,17-/m0/s1. The maximum absolute atomic E-state index is 12.7. The zero-order valence-corrected chi connectivity index (χ0v) is 18.3. The van der Waals surface area contributed by atoms with Crippen LogP contribution < -0.4 is 10.5 Å². The lowest BCUT2D eigenvalue weighted by molar-refractivity contribution is -0.00576. The molecule has 1 N–H and O–H groups in total. The minimum atomic E-state index is 0.0408. The van der Waals surface area contributed by atoms with E-state index in [4.69, 9.17) is 9.72 Å². The smallest absolute Gasteiger partial charge is 0.255 e. The number of H-pyrrole nitrogens is 1. The summed E-state index contributed by atoms with van der Waals surface area (Å²) in [6, 6.07) is 0. The number of allylic oxidation sites excluding steroid dienone is 1. The minimum Gasteiger partial charge on any atom is -0.372 e. The molecular formula is C23H34N4O2. The topological polar surface area (TPSA) is 61.5 Å². The number of hydrogen-bond donors (Lipinski definition) is 1. The predicted octanol–water partition coefficient (Wildman–Crippen LogP) is 2.88. The van der Waals surface area contributed by atoms with Crippen LogP contribution in [0.2, 0.25) is 0 Å². The van der Waals surface area contributed by atoms with Crippen LogP contribution in [0.3, 0.4) is 0 Å². The highest BCUT2D eigenvalue weighted by Gasteiger charge is 2.47. The average molecular weight is 399 g/mol. The molecule has 1 saturated heterocycles. The van der Waals surface area contributed by atoms with Gasteiger partial charge in [0.15, 0.2) is 0 Å². The first-order valence-electron chi connectivity index (χ1n) is 11.3. The third-order valence-corrected chi connectivity index (χ3v) is 7.74. The molecule has 6 heteroatoms. The van der Waals surface area contributed by atoms with Crippen molar-refractivity contribution in [3.63, 3.8) is 0 Å². The van der Waals surface area contributed by atoms with Crippen molar-refractivity contribution in [1.29, 1.82) is 0 Å². The number of ether oxygens (including phenoxy) is 1. The fourth-order valence-electron chi connectivity index (χ4n) is 6.00. The monoisotopic (exact) mass is 398 g/mol. The van der Waals surface area contributed by atoms with Gasteiger partial charge < -0.3 is 9.64 Å². The molecule has 2 bridgehead atoms. The molecule has 1 saturated carbocycles. The van der Waals surface area contributed by atoms with E-state index < -0.39 is 0 Å². The lowest BCUT2D eigenvalue weighted by Crippen LogP contribution is -2.47. The summed E-state index contributed by atoms with van der Waals surface area (Å²) in [7, 11) is 0. The van der Waals surface area contributed by atoms with Crippen molar-refractivity contribution >= 4 is 5.95 Å². The Hall–Kier alpha value is -1.66. The summed E-state index contributed by atoms with van der Waals surface area (Å²) in [5.74, 6) is 1.60. The van der Waals surface area contributed by atoms with Crippen LogP contribution >= 0.6 is 0 Å². The Morgan fingerprint density at radius 3 is 2.66 bits per heavy atom. The van der Waals surface area contributed by atoms with Gasteiger partial charge in [-0.15, -0.1) is 0 Å². The Balaban J connectivity index is 1.36. The molecule has 6 rings (SSSR count). The van der Waals surface area contributed by atoms with E-state index in [1.54, 1.807) is 11.1 Å². The van der Waals surface area contributed by atoms with Crippen LogP contribution in [0.4, 0.5) is 5.95 Å². The minimum absolute atomic E-state index is 0.0408. The van der Waals surface area contributed by atoms with E-state index in [1.165, 1.54) is 19.3 Å². The van der Waals surface area contributed by atoms with Gasteiger partial charge in [-0.1, -0.05) is 25.0 Å². The van der Waals surface area contributed by atoms with Crippen LogP contribution in [0.1, 0.15) is 58.2 Å². The number of hydrogen-bond acceptors (Lipinski definition) is 5. The van der Waals surface area contributed by atoms with Crippen LogP contribution in [0.5, 0.6) is 0 Å². The number of fused-ring (bicyclic) bond motifs is 3. The van der Waals surface area contributed by atoms with E-state index in [0.717, 1.165) is 56.3 Å². The highest BCUT2D eigenvalue weighted by Crippen LogP contribution is 2.58. The molecule has 0 aromatic carbocycles. The van der Waals surface area contributed by atoms with Gasteiger partial charge in [0, 0.05) is 38.3 Å². The van der Waals surface area contributed by atoms with E-state index in [0.29, 0.717) is 11.4 Å². The third-order valence-electron chi connectivity index (χ3n) is 7.74. The molecule has 2 fully saturated rings. The molecule has 0 spiro atoms. The van der Waals surface area contributed by atoms with E-state index in [1.807, 2.05) is 0 Å². The van der Waals surface area contributed by atoms with E-state index in [2.05, 4.69) is 42.5 Å². The summed E-state index contributed by atoms with van der Waals surface area (Å²) >= 11 is 0. The first kappa shape index (κ1) is 19.3. The summed E-state index contributed by atoms with van der Waals surface area (Å²) in [6.07, 6.45) is 4.98. The Morgan fingerprint density at radius 1 is 1.21 bits per heavy atom. The molecule has 158 valence electrons. The van der Waals surface area contributed by atoms with E-state index >= 15 is 0 Å². The van der Waals surface area contributed by atoms with Gasteiger partial charge in [0.1, 0.15) is 0 Å². The zero-order valence-electron chi connectivity index (χ0n) is 18.3. The van der Waals surface area contributed by atoms with Crippen molar-refractivity contribution in [2.45, 2.75) is 72.1 Å². The second-order valence-electron chi connectivity index (χ2n) is 10.2. The van der Waals surface area contributed by atoms with Crippen LogP contribution in [0.15, 0.2) is 15.9 Å². The largest absolute Gasteiger partial charge is 0.372 e. The first-order valence-corrected chi connectivity index (χ1v) is 11.3. The van der Waals surface area contributed by atoms with Crippen molar-refractivity contribution in [2.24, 2.45) is 11.3 Å². The van der Waals surface area contributed by atoms with Crippen LogP contribution in [-0.4, -0.2) is 53.3 Å². The number of aromatic amines is 1. The number of rotatable bonds is 3. The normalized spacial score (nSPS) is 31.4. The summed E-state index contributed by atoms with van der Waals surface area (Å²) in [5.41, 5.74) is 5.66. The molecule has 1 aromatic heterocycles. The molecule has 3 atom stereocenters.